The van der Waals surface area contributed by atoms with E-state index < -0.39 is 11.8 Å². The molecule has 0 aromatic heterocycles. The molecule has 0 radical (unpaired) electrons. The summed E-state index contributed by atoms with van der Waals surface area (Å²) in [6.07, 6.45) is 4.25. The lowest BCUT2D eigenvalue weighted by Gasteiger charge is -2.32. The Morgan fingerprint density at radius 2 is 1.03 bits per heavy atom. The molecule has 0 N–H and O–H groups in total. The van der Waals surface area contributed by atoms with E-state index in [1.165, 1.54) is 4.90 Å². The molecule has 2 aliphatic rings. The molecule has 148 valence electrons. The molecule has 1 heterocycles. The van der Waals surface area contributed by atoms with Crippen LogP contribution in [0.3, 0.4) is 0 Å². The monoisotopic (exact) mass is 393 g/mol. The molecular weight excluding hydrogens is 370 g/mol. The van der Waals surface area contributed by atoms with E-state index in [1.54, 1.807) is 0 Å². The lowest BCUT2D eigenvalue weighted by Crippen LogP contribution is -2.32. The Bertz CT molecular complexity index is 1050. The van der Waals surface area contributed by atoms with Gasteiger partial charge in [-0.3, -0.25) is 9.59 Å². The Balaban J connectivity index is 1.65. The minimum atomic E-state index is -0.408. The number of fused-ring (bicyclic) bond motifs is 1. The van der Waals surface area contributed by atoms with Crippen molar-refractivity contribution in [1.29, 1.82) is 0 Å². The Hall–Kier alpha value is -3.46. The number of allylic oxidation sites excluding steroid dienone is 2. The zero-order valence-corrected chi connectivity index (χ0v) is 16.8. The standard InChI is InChI=1S/C27H23NO2/c1-18-10-8-9-15-23(18)28-26(29)24-21(19-11-4-2-5-12-19)16-17-22(25(24)27(28)30)20-13-6-3-7-14-20/h2-17,21-22,24-25H,1H3/t21-,22+,24-,25-/m1/s1. The first-order valence-corrected chi connectivity index (χ1v) is 10.4. The maximum atomic E-state index is 13.7. The van der Waals surface area contributed by atoms with Crippen LogP contribution in [0, 0.1) is 18.8 Å². The average Bonchev–Trinajstić information content (AvgIpc) is 3.06. The molecule has 0 bridgehead atoms. The van der Waals surface area contributed by atoms with Gasteiger partial charge in [-0.1, -0.05) is 91.0 Å². The largest absolute Gasteiger partial charge is 0.274 e. The Kier molecular flexibility index (Phi) is 4.59. The second kappa shape index (κ2) is 7.42. The van der Waals surface area contributed by atoms with E-state index in [9.17, 15) is 9.59 Å². The third kappa shape index (κ3) is 2.89. The van der Waals surface area contributed by atoms with Crippen molar-refractivity contribution in [2.45, 2.75) is 18.8 Å². The fourth-order valence-electron chi connectivity index (χ4n) is 4.99. The van der Waals surface area contributed by atoms with Crippen LogP contribution in [0.25, 0.3) is 0 Å². The molecule has 2 amide bonds. The lowest BCUT2D eigenvalue weighted by atomic mass is 9.68. The molecule has 5 rings (SSSR count). The molecular formula is C27H23NO2. The summed E-state index contributed by atoms with van der Waals surface area (Å²) in [7, 11) is 0. The number of benzene rings is 3. The Morgan fingerprint density at radius 3 is 1.50 bits per heavy atom. The number of hydrogen-bond donors (Lipinski definition) is 0. The zero-order valence-electron chi connectivity index (χ0n) is 16.8. The van der Waals surface area contributed by atoms with Crippen LogP contribution in [0.2, 0.25) is 0 Å². The van der Waals surface area contributed by atoms with Crippen LogP contribution in [0.15, 0.2) is 97.1 Å². The van der Waals surface area contributed by atoms with Gasteiger partial charge in [0.2, 0.25) is 11.8 Å². The van der Waals surface area contributed by atoms with Gasteiger partial charge in [-0.15, -0.1) is 0 Å². The van der Waals surface area contributed by atoms with Gasteiger partial charge in [0, 0.05) is 11.8 Å². The van der Waals surface area contributed by atoms with E-state index in [1.807, 2.05) is 91.9 Å². The molecule has 3 aromatic carbocycles. The molecule has 30 heavy (non-hydrogen) atoms. The van der Waals surface area contributed by atoms with E-state index >= 15 is 0 Å². The highest BCUT2D eigenvalue weighted by atomic mass is 16.2. The predicted octanol–water partition coefficient (Wildman–Crippen LogP) is 5.24. The normalized spacial score (nSPS) is 25.4. The molecule has 1 saturated heterocycles. The summed E-state index contributed by atoms with van der Waals surface area (Å²) in [5.41, 5.74) is 3.77. The fourth-order valence-corrected chi connectivity index (χ4v) is 4.99. The quantitative estimate of drug-likeness (QED) is 0.451. The Morgan fingerprint density at radius 1 is 0.600 bits per heavy atom. The summed E-state index contributed by atoms with van der Waals surface area (Å²) in [6, 6.07) is 27.7. The number of rotatable bonds is 3. The summed E-state index contributed by atoms with van der Waals surface area (Å²) in [5.74, 6) is -1.23. The number of aryl methyl sites for hydroxylation is 1. The van der Waals surface area contributed by atoms with Crippen molar-refractivity contribution in [3.63, 3.8) is 0 Å². The Labute approximate surface area is 176 Å². The van der Waals surface area contributed by atoms with Gasteiger partial charge in [-0.25, -0.2) is 4.90 Å². The van der Waals surface area contributed by atoms with Crippen LogP contribution in [-0.4, -0.2) is 11.8 Å². The van der Waals surface area contributed by atoms with Gasteiger partial charge < -0.3 is 0 Å². The molecule has 3 nitrogen and oxygen atoms in total. The van der Waals surface area contributed by atoms with Gasteiger partial charge in [-0.2, -0.15) is 0 Å². The highest BCUT2D eigenvalue weighted by Gasteiger charge is 2.55. The van der Waals surface area contributed by atoms with Crippen molar-refractivity contribution >= 4 is 17.5 Å². The second-order valence-electron chi connectivity index (χ2n) is 8.11. The van der Waals surface area contributed by atoms with Gasteiger partial charge >= 0.3 is 0 Å². The number of amides is 2. The van der Waals surface area contributed by atoms with Crippen molar-refractivity contribution < 1.29 is 9.59 Å². The number of para-hydroxylation sites is 1. The number of hydrogen-bond acceptors (Lipinski definition) is 2. The molecule has 3 heteroatoms. The molecule has 0 unspecified atom stereocenters. The van der Waals surface area contributed by atoms with Gasteiger partial charge in [-0.05, 0) is 29.7 Å². The van der Waals surface area contributed by atoms with Crippen molar-refractivity contribution in [3.05, 3.63) is 114 Å². The van der Waals surface area contributed by atoms with E-state index in [-0.39, 0.29) is 23.7 Å². The third-order valence-electron chi connectivity index (χ3n) is 6.42. The van der Waals surface area contributed by atoms with Crippen LogP contribution < -0.4 is 4.90 Å². The third-order valence-corrected chi connectivity index (χ3v) is 6.42. The lowest BCUT2D eigenvalue weighted by molar-refractivity contribution is -0.122. The average molecular weight is 393 g/mol. The number of carbonyl (C=O) groups is 2. The van der Waals surface area contributed by atoms with E-state index in [4.69, 9.17) is 0 Å². The van der Waals surface area contributed by atoms with Crippen LogP contribution >= 0.6 is 0 Å². The van der Waals surface area contributed by atoms with Crippen LogP contribution in [0.4, 0.5) is 5.69 Å². The van der Waals surface area contributed by atoms with Gasteiger partial charge in [0.05, 0.1) is 17.5 Å². The first kappa shape index (κ1) is 18.6. The van der Waals surface area contributed by atoms with E-state index in [0.717, 1.165) is 16.7 Å². The van der Waals surface area contributed by atoms with E-state index in [2.05, 4.69) is 12.2 Å². The number of nitrogens with zero attached hydrogens (tertiary/aromatic N) is 1. The number of anilines is 1. The fraction of sp³-hybridized carbons (Fsp3) is 0.185. The highest BCUT2D eigenvalue weighted by molar-refractivity contribution is 6.23. The second-order valence-corrected chi connectivity index (χ2v) is 8.11. The maximum Gasteiger partial charge on any atom is 0.238 e. The summed E-state index contributed by atoms with van der Waals surface area (Å²) < 4.78 is 0. The minimum absolute atomic E-state index is 0.0987. The van der Waals surface area contributed by atoms with E-state index in [0.29, 0.717) is 5.69 Å². The summed E-state index contributed by atoms with van der Waals surface area (Å²) in [4.78, 5) is 28.9. The number of imide groups is 1. The molecule has 3 aromatic rings. The van der Waals surface area contributed by atoms with Crippen LogP contribution in [0.5, 0.6) is 0 Å². The molecule has 0 saturated carbocycles. The smallest absolute Gasteiger partial charge is 0.238 e. The van der Waals surface area contributed by atoms with Crippen LogP contribution in [-0.2, 0) is 9.59 Å². The van der Waals surface area contributed by atoms with Crippen molar-refractivity contribution in [3.8, 4) is 0 Å². The predicted molar refractivity (Wildman–Crippen MR) is 118 cm³/mol. The van der Waals surface area contributed by atoms with Crippen molar-refractivity contribution in [2.75, 3.05) is 4.90 Å². The minimum Gasteiger partial charge on any atom is -0.274 e. The number of carbonyl (C=O) groups excluding carboxylic acids is 2. The van der Waals surface area contributed by atoms with Gasteiger partial charge in [0.1, 0.15) is 0 Å². The topological polar surface area (TPSA) is 37.4 Å². The molecule has 1 fully saturated rings. The SMILES string of the molecule is Cc1ccccc1N1C(=O)[C@H]2[C@H](C1=O)[C@H](c1ccccc1)C=C[C@@H]2c1ccccc1. The molecule has 1 aliphatic carbocycles. The highest BCUT2D eigenvalue weighted by Crippen LogP contribution is 2.50. The van der Waals surface area contributed by atoms with Crippen molar-refractivity contribution in [1.82, 2.24) is 0 Å². The van der Waals surface area contributed by atoms with Crippen LogP contribution in [0.1, 0.15) is 28.5 Å². The molecule has 1 aliphatic heterocycles. The first-order valence-electron chi connectivity index (χ1n) is 10.4. The summed E-state index contributed by atoms with van der Waals surface area (Å²) in [6.45, 7) is 1.94. The molecule has 0 spiro atoms. The molecule has 4 atom stereocenters. The van der Waals surface area contributed by atoms with Crippen molar-refractivity contribution in [2.24, 2.45) is 11.8 Å². The van der Waals surface area contributed by atoms with Gasteiger partial charge in [0.25, 0.3) is 0 Å². The van der Waals surface area contributed by atoms with Gasteiger partial charge in [0.15, 0.2) is 0 Å². The zero-order chi connectivity index (χ0) is 20.7. The first-order chi connectivity index (χ1) is 14.7. The summed E-state index contributed by atoms with van der Waals surface area (Å²) >= 11 is 0. The maximum absolute atomic E-state index is 13.7. The summed E-state index contributed by atoms with van der Waals surface area (Å²) in [5, 5.41) is 0.